The second-order valence-electron chi connectivity index (χ2n) is 6.90. The van der Waals surface area contributed by atoms with E-state index in [9.17, 15) is 14.9 Å². The zero-order chi connectivity index (χ0) is 18.7. The monoisotopic (exact) mass is 359 g/mol. The molecule has 2 aliphatic rings. The minimum absolute atomic E-state index is 0.0739. The molecule has 8 nitrogen and oxygen atoms in total. The van der Waals surface area contributed by atoms with E-state index in [1.54, 1.807) is 4.90 Å². The number of nitriles is 1. The predicted octanol–water partition coefficient (Wildman–Crippen LogP) is 0.526. The van der Waals surface area contributed by atoms with Crippen LogP contribution in [-0.4, -0.2) is 60.2 Å². The van der Waals surface area contributed by atoms with Crippen LogP contribution in [0.25, 0.3) is 0 Å². The van der Waals surface area contributed by atoms with Crippen molar-refractivity contribution >= 4 is 17.6 Å². The lowest BCUT2D eigenvalue weighted by Crippen LogP contribution is -2.49. The van der Waals surface area contributed by atoms with E-state index in [1.165, 1.54) is 0 Å². The smallest absolute Gasteiger partial charge is 0.239 e. The van der Waals surface area contributed by atoms with Gasteiger partial charge in [-0.05, 0) is 32.3 Å². The number of hydrogen-bond donors (Lipinski definition) is 2. The lowest BCUT2D eigenvalue weighted by atomic mass is 10.2. The molecule has 0 bridgehead atoms. The molecule has 0 aromatic carbocycles. The number of anilines is 1. The number of aromatic nitrogens is 1. The Morgan fingerprint density at radius 3 is 2.92 bits per heavy atom. The summed E-state index contributed by atoms with van der Waals surface area (Å²) >= 11 is 0. The topological polar surface area (TPSA) is 99.4 Å². The molecule has 1 aromatic rings. The molecular formula is C18H25N5O3. The van der Waals surface area contributed by atoms with E-state index in [2.05, 4.69) is 16.7 Å². The van der Waals surface area contributed by atoms with Crippen LogP contribution in [0.5, 0.6) is 0 Å². The van der Waals surface area contributed by atoms with Gasteiger partial charge in [0.2, 0.25) is 11.8 Å². The molecule has 2 N–H and O–H groups in total. The Hall–Kier alpha value is -2.37. The van der Waals surface area contributed by atoms with Gasteiger partial charge >= 0.3 is 0 Å². The SMILES string of the molecule is Cc1c(C#N)c(NC(=O)CN2CCNC(=O)C2)n(C[C@H]2CCCO2)c1C. The van der Waals surface area contributed by atoms with Crippen molar-refractivity contribution in [2.75, 3.05) is 38.1 Å². The first-order valence-electron chi connectivity index (χ1n) is 9.00. The van der Waals surface area contributed by atoms with Crippen molar-refractivity contribution in [3.05, 3.63) is 16.8 Å². The number of carbonyl (C=O) groups is 2. The summed E-state index contributed by atoms with van der Waals surface area (Å²) in [4.78, 5) is 25.8. The van der Waals surface area contributed by atoms with Crippen LogP contribution in [0.2, 0.25) is 0 Å². The van der Waals surface area contributed by atoms with Crippen molar-refractivity contribution < 1.29 is 14.3 Å². The highest BCUT2D eigenvalue weighted by Gasteiger charge is 2.25. The largest absolute Gasteiger partial charge is 0.376 e. The minimum atomic E-state index is -0.220. The standard InChI is InChI=1S/C18H25N5O3/c1-12-13(2)23(9-14-4-3-7-26-14)18(15(12)8-19)21-17(25)11-22-6-5-20-16(24)10-22/h14H,3-7,9-11H2,1-2H3,(H,20,24)(H,21,25)/t14-/m1/s1. The summed E-state index contributed by atoms with van der Waals surface area (Å²) < 4.78 is 7.70. The Morgan fingerprint density at radius 2 is 2.27 bits per heavy atom. The van der Waals surface area contributed by atoms with E-state index in [-0.39, 0.29) is 31.0 Å². The predicted molar refractivity (Wildman–Crippen MR) is 95.7 cm³/mol. The Balaban J connectivity index is 1.76. The van der Waals surface area contributed by atoms with Gasteiger partial charge in [-0.1, -0.05) is 0 Å². The molecule has 0 saturated carbocycles. The molecule has 8 heteroatoms. The highest BCUT2D eigenvalue weighted by Crippen LogP contribution is 2.28. The van der Waals surface area contributed by atoms with Crippen molar-refractivity contribution in [3.8, 4) is 6.07 Å². The fourth-order valence-electron chi connectivity index (χ4n) is 3.55. The molecule has 1 atom stereocenters. The van der Waals surface area contributed by atoms with Crippen LogP contribution in [0, 0.1) is 25.2 Å². The first-order chi connectivity index (χ1) is 12.5. The van der Waals surface area contributed by atoms with Crippen molar-refractivity contribution in [1.82, 2.24) is 14.8 Å². The first-order valence-corrected chi connectivity index (χ1v) is 9.00. The molecule has 2 fully saturated rings. The lowest BCUT2D eigenvalue weighted by Gasteiger charge is -2.26. The van der Waals surface area contributed by atoms with Gasteiger partial charge in [0.25, 0.3) is 0 Å². The summed E-state index contributed by atoms with van der Waals surface area (Å²) in [6.45, 7) is 6.75. The summed E-state index contributed by atoms with van der Waals surface area (Å²) in [5.74, 6) is 0.238. The number of amides is 2. The van der Waals surface area contributed by atoms with E-state index in [4.69, 9.17) is 4.74 Å². The number of nitrogens with zero attached hydrogens (tertiary/aromatic N) is 3. The molecule has 0 aliphatic carbocycles. The fraction of sp³-hybridized carbons (Fsp3) is 0.611. The van der Waals surface area contributed by atoms with Gasteiger partial charge in [-0.15, -0.1) is 0 Å². The molecule has 0 spiro atoms. The van der Waals surface area contributed by atoms with E-state index < -0.39 is 0 Å². The molecule has 140 valence electrons. The molecule has 3 rings (SSSR count). The Bertz CT molecular complexity index is 743. The normalized spacial score (nSPS) is 20.7. The third-order valence-corrected chi connectivity index (χ3v) is 5.09. The van der Waals surface area contributed by atoms with E-state index in [0.29, 0.717) is 31.0 Å². The third kappa shape index (κ3) is 3.89. The van der Waals surface area contributed by atoms with Crippen molar-refractivity contribution in [2.24, 2.45) is 0 Å². The maximum absolute atomic E-state index is 12.5. The van der Waals surface area contributed by atoms with Gasteiger partial charge in [0.1, 0.15) is 11.9 Å². The Morgan fingerprint density at radius 1 is 1.46 bits per heavy atom. The molecule has 0 unspecified atom stereocenters. The molecule has 2 amide bonds. The van der Waals surface area contributed by atoms with Crippen LogP contribution in [0.3, 0.4) is 0 Å². The third-order valence-electron chi connectivity index (χ3n) is 5.09. The number of nitrogens with one attached hydrogen (secondary N) is 2. The maximum atomic E-state index is 12.5. The molecule has 2 saturated heterocycles. The van der Waals surface area contributed by atoms with Gasteiger partial charge < -0.3 is 19.9 Å². The molecule has 0 radical (unpaired) electrons. The van der Waals surface area contributed by atoms with Crippen molar-refractivity contribution in [1.29, 1.82) is 5.26 Å². The molecule has 26 heavy (non-hydrogen) atoms. The number of rotatable bonds is 5. The van der Waals surface area contributed by atoms with Crippen LogP contribution in [0.1, 0.15) is 29.7 Å². The molecule has 1 aromatic heterocycles. The van der Waals surface area contributed by atoms with Gasteiger partial charge in [-0.25, -0.2) is 0 Å². The van der Waals surface area contributed by atoms with Crippen LogP contribution in [-0.2, 0) is 20.9 Å². The van der Waals surface area contributed by atoms with Crippen molar-refractivity contribution in [3.63, 3.8) is 0 Å². The Labute approximate surface area is 153 Å². The fourth-order valence-corrected chi connectivity index (χ4v) is 3.55. The van der Waals surface area contributed by atoms with Gasteiger partial charge in [0, 0.05) is 25.4 Å². The second kappa shape index (κ2) is 7.89. The zero-order valence-corrected chi connectivity index (χ0v) is 15.3. The van der Waals surface area contributed by atoms with Crippen LogP contribution in [0.15, 0.2) is 0 Å². The van der Waals surface area contributed by atoms with Gasteiger partial charge in [0.15, 0.2) is 0 Å². The van der Waals surface area contributed by atoms with Crippen LogP contribution >= 0.6 is 0 Å². The minimum Gasteiger partial charge on any atom is -0.376 e. The van der Waals surface area contributed by atoms with Crippen LogP contribution < -0.4 is 10.6 Å². The van der Waals surface area contributed by atoms with Gasteiger partial charge in [-0.2, -0.15) is 5.26 Å². The average molecular weight is 359 g/mol. The summed E-state index contributed by atoms with van der Waals surface area (Å²) in [6, 6.07) is 2.21. The summed E-state index contributed by atoms with van der Waals surface area (Å²) in [7, 11) is 0. The number of carbonyl (C=O) groups excluding carboxylic acids is 2. The molecule has 2 aliphatic heterocycles. The molecular weight excluding hydrogens is 334 g/mol. The molecule has 3 heterocycles. The second-order valence-corrected chi connectivity index (χ2v) is 6.90. The summed E-state index contributed by atoms with van der Waals surface area (Å²) in [5.41, 5.74) is 2.33. The number of hydrogen-bond acceptors (Lipinski definition) is 5. The highest BCUT2D eigenvalue weighted by atomic mass is 16.5. The number of piperazine rings is 1. The van der Waals surface area contributed by atoms with E-state index >= 15 is 0 Å². The summed E-state index contributed by atoms with van der Waals surface area (Å²) in [5, 5.41) is 15.2. The average Bonchev–Trinajstić information content (AvgIpc) is 3.18. The van der Waals surface area contributed by atoms with Crippen molar-refractivity contribution in [2.45, 2.75) is 39.3 Å². The first kappa shape index (κ1) is 18.4. The lowest BCUT2D eigenvalue weighted by molar-refractivity contribution is -0.125. The van der Waals surface area contributed by atoms with Gasteiger partial charge in [-0.3, -0.25) is 14.5 Å². The zero-order valence-electron chi connectivity index (χ0n) is 15.3. The van der Waals surface area contributed by atoms with Crippen LogP contribution in [0.4, 0.5) is 5.82 Å². The Kier molecular flexibility index (Phi) is 5.59. The van der Waals surface area contributed by atoms with Gasteiger partial charge in [0.05, 0.1) is 31.3 Å². The summed E-state index contributed by atoms with van der Waals surface area (Å²) in [6.07, 6.45) is 2.12. The van der Waals surface area contributed by atoms with E-state index in [0.717, 1.165) is 30.7 Å². The maximum Gasteiger partial charge on any atom is 0.239 e. The number of ether oxygens (including phenoxy) is 1. The van der Waals surface area contributed by atoms with E-state index in [1.807, 2.05) is 18.4 Å². The quantitative estimate of drug-likeness (QED) is 0.799. The highest BCUT2D eigenvalue weighted by molar-refractivity contribution is 5.93.